The number of aliphatic carboxylic acids is 1. The number of benzene rings is 1. The Morgan fingerprint density at radius 2 is 2.00 bits per heavy atom. The fourth-order valence-corrected chi connectivity index (χ4v) is 1.89. The van der Waals surface area contributed by atoms with E-state index in [9.17, 15) is 14.0 Å². The van der Waals surface area contributed by atoms with Crippen molar-refractivity contribution in [3.8, 4) is 5.75 Å². The first-order chi connectivity index (χ1) is 10.6. The van der Waals surface area contributed by atoms with Crippen LogP contribution in [0, 0.1) is 5.92 Å². The molecule has 1 aromatic carbocycles. The van der Waals surface area contributed by atoms with Gasteiger partial charge in [-0.2, -0.15) is 0 Å². The Kier molecular flexibility index (Phi) is 6.36. The van der Waals surface area contributed by atoms with E-state index in [2.05, 4.69) is 5.32 Å². The number of para-hydroxylation sites is 1. The predicted octanol–water partition coefficient (Wildman–Crippen LogP) is 3.60. The highest BCUT2D eigenvalue weighted by Gasteiger charge is 2.21. The highest BCUT2D eigenvalue weighted by molar-refractivity contribution is 5.88. The van der Waals surface area contributed by atoms with E-state index in [0.717, 1.165) is 0 Å². The highest BCUT2D eigenvalue weighted by atomic mass is 19.1. The Morgan fingerprint density at radius 3 is 2.52 bits per heavy atom. The van der Waals surface area contributed by atoms with Crippen molar-refractivity contribution < 1.29 is 28.6 Å². The number of amides is 1. The first kappa shape index (κ1) is 18.7. The van der Waals surface area contributed by atoms with E-state index in [0.29, 0.717) is 5.56 Å². The average Bonchev–Trinajstić information content (AvgIpc) is 2.40. The molecule has 0 spiro atoms. The molecule has 1 amide bonds. The van der Waals surface area contributed by atoms with E-state index >= 15 is 0 Å². The molecule has 128 valence electrons. The molecule has 6 nitrogen and oxygen atoms in total. The van der Waals surface area contributed by atoms with Crippen molar-refractivity contribution in [2.75, 3.05) is 12.2 Å². The lowest BCUT2D eigenvalue weighted by atomic mass is 9.99. The van der Waals surface area contributed by atoms with Gasteiger partial charge in [-0.1, -0.05) is 19.1 Å². The Balaban J connectivity index is 3.08. The lowest BCUT2D eigenvalue weighted by Crippen LogP contribution is -2.28. The molecule has 0 bridgehead atoms. The molecule has 0 aliphatic heterocycles. The zero-order valence-corrected chi connectivity index (χ0v) is 13.7. The minimum absolute atomic E-state index is 0.119. The van der Waals surface area contributed by atoms with Crippen LogP contribution in [0.1, 0.15) is 33.3 Å². The minimum Gasteiger partial charge on any atom is -0.481 e. The zero-order chi connectivity index (χ0) is 17.6. The standard InChI is InChI=1S/C16H22FNO5/c1-10(14(19)20)8-11-6-5-7-12(22-9-17)13(11)18-15(21)23-16(2,3)4/h5-7,10H,8-9H2,1-4H3,(H,18,21)(H,19,20). The molecule has 1 aromatic rings. The largest absolute Gasteiger partial charge is 0.481 e. The van der Waals surface area contributed by atoms with Gasteiger partial charge in [0, 0.05) is 0 Å². The predicted molar refractivity (Wildman–Crippen MR) is 83.4 cm³/mol. The normalized spacial score (nSPS) is 12.4. The molecule has 0 heterocycles. The van der Waals surface area contributed by atoms with Crippen molar-refractivity contribution in [2.24, 2.45) is 5.92 Å². The maximum Gasteiger partial charge on any atom is 0.412 e. The van der Waals surface area contributed by atoms with Gasteiger partial charge in [-0.15, -0.1) is 0 Å². The maximum absolute atomic E-state index is 12.5. The molecule has 23 heavy (non-hydrogen) atoms. The second-order valence-electron chi connectivity index (χ2n) is 6.11. The van der Waals surface area contributed by atoms with Gasteiger partial charge in [0.15, 0.2) is 0 Å². The quantitative estimate of drug-likeness (QED) is 0.834. The third kappa shape index (κ3) is 6.14. The fraction of sp³-hybridized carbons (Fsp3) is 0.500. The van der Waals surface area contributed by atoms with Gasteiger partial charge in [0.25, 0.3) is 0 Å². The molecule has 2 N–H and O–H groups in total. The number of carboxylic acids is 1. The Bertz CT molecular complexity index is 568. The van der Waals surface area contributed by atoms with Gasteiger partial charge < -0.3 is 14.6 Å². The lowest BCUT2D eigenvalue weighted by molar-refractivity contribution is -0.141. The summed E-state index contributed by atoms with van der Waals surface area (Å²) in [5, 5.41) is 11.6. The average molecular weight is 327 g/mol. The molecule has 1 rings (SSSR count). The van der Waals surface area contributed by atoms with Crippen LogP contribution in [0.5, 0.6) is 5.75 Å². The summed E-state index contributed by atoms with van der Waals surface area (Å²) in [6.45, 7) is 5.61. The second kappa shape index (κ2) is 7.80. The molecule has 1 atom stereocenters. The number of alkyl halides is 1. The Morgan fingerprint density at radius 1 is 1.35 bits per heavy atom. The Hall–Kier alpha value is -2.31. The Labute approximate surface area is 134 Å². The summed E-state index contributed by atoms with van der Waals surface area (Å²) in [6, 6.07) is 4.74. The molecule has 7 heteroatoms. The summed E-state index contributed by atoms with van der Waals surface area (Å²) in [7, 11) is 0. The van der Waals surface area contributed by atoms with Crippen molar-refractivity contribution in [2.45, 2.75) is 39.7 Å². The van der Waals surface area contributed by atoms with Crippen molar-refractivity contribution in [3.63, 3.8) is 0 Å². The topological polar surface area (TPSA) is 84.9 Å². The first-order valence-corrected chi connectivity index (χ1v) is 7.17. The monoisotopic (exact) mass is 327 g/mol. The van der Waals surface area contributed by atoms with Crippen molar-refractivity contribution in [1.82, 2.24) is 0 Å². The summed E-state index contributed by atoms with van der Waals surface area (Å²) >= 11 is 0. The smallest absolute Gasteiger partial charge is 0.412 e. The highest BCUT2D eigenvalue weighted by Crippen LogP contribution is 2.31. The molecular weight excluding hydrogens is 305 g/mol. The van der Waals surface area contributed by atoms with E-state index < -0.39 is 30.4 Å². The molecule has 1 unspecified atom stereocenters. The number of anilines is 1. The van der Waals surface area contributed by atoms with Crippen molar-refractivity contribution in [1.29, 1.82) is 0 Å². The van der Waals surface area contributed by atoms with Crippen LogP contribution in [0.25, 0.3) is 0 Å². The van der Waals surface area contributed by atoms with Crippen molar-refractivity contribution >= 4 is 17.7 Å². The van der Waals surface area contributed by atoms with Gasteiger partial charge in [-0.3, -0.25) is 10.1 Å². The van der Waals surface area contributed by atoms with Crippen LogP contribution in [0.3, 0.4) is 0 Å². The van der Waals surface area contributed by atoms with Gasteiger partial charge in [-0.25, -0.2) is 9.18 Å². The van der Waals surface area contributed by atoms with E-state index in [4.69, 9.17) is 14.6 Å². The van der Waals surface area contributed by atoms with Crippen molar-refractivity contribution in [3.05, 3.63) is 23.8 Å². The minimum atomic E-state index is -1.07. The van der Waals surface area contributed by atoms with Crippen LogP contribution in [-0.2, 0) is 16.0 Å². The third-order valence-electron chi connectivity index (χ3n) is 2.90. The maximum atomic E-state index is 12.5. The number of ether oxygens (including phenoxy) is 2. The molecule has 0 fully saturated rings. The van der Waals surface area contributed by atoms with E-state index in [-0.39, 0.29) is 17.9 Å². The number of halogens is 1. The molecule has 0 aliphatic carbocycles. The van der Waals surface area contributed by atoms with Crippen LogP contribution in [0.2, 0.25) is 0 Å². The summed E-state index contributed by atoms with van der Waals surface area (Å²) in [4.78, 5) is 23.0. The van der Waals surface area contributed by atoms with E-state index in [1.807, 2.05) is 0 Å². The molecule has 0 radical (unpaired) electrons. The fourth-order valence-electron chi connectivity index (χ4n) is 1.89. The molecule has 0 aromatic heterocycles. The number of rotatable bonds is 6. The summed E-state index contributed by atoms with van der Waals surface area (Å²) in [5.74, 6) is -1.52. The number of hydrogen-bond acceptors (Lipinski definition) is 4. The first-order valence-electron chi connectivity index (χ1n) is 7.17. The number of hydrogen-bond donors (Lipinski definition) is 2. The number of carbonyl (C=O) groups excluding carboxylic acids is 1. The number of nitrogens with one attached hydrogen (secondary N) is 1. The lowest BCUT2D eigenvalue weighted by Gasteiger charge is -2.22. The summed E-state index contributed by atoms with van der Waals surface area (Å²) in [5.41, 5.74) is 0.0401. The third-order valence-corrected chi connectivity index (χ3v) is 2.90. The molecule has 0 saturated carbocycles. The van der Waals surface area contributed by atoms with Gasteiger partial charge in [0.2, 0.25) is 6.86 Å². The van der Waals surface area contributed by atoms with Crippen LogP contribution in [0.15, 0.2) is 18.2 Å². The van der Waals surface area contributed by atoms with Gasteiger partial charge >= 0.3 is 12.1 Å². The van der Waals surface area contributed by atoms with Crippen LogP contribution >= 0.6 is 0 Å². The van der Waals surface area contributed by atoms with Gasteiger partial charge in [0.1, 0.15) is 11.4 Å². The van der Waals surface area contributed by atoms with Gasteiger partial charge in [-0.05, 0) is 38.8 Å². The molecular formula is C16H22FNO5. The zero-order valence-electron chi connectivity index (χ0n) is 13.7. The second-order valence-corrected chi connectivity index (χ2v) is 6.11. The molecule has 0 aliphatic rings. The number of carboxylic acid groups (broad SMARTS) is 1. The van der Waals surface area contributed by atoms with Crippen LogP contribution in [-0.4, -0.2) is 29.6 Å². The SMILES string of the molecule is CC(Cc1cccc(OCF)c1NC(=O)OC(C)(C)C)C(=O)O. The number of carbonyl (C=O) groups is 2. The summed E-state index contributed by atoms with van der Waals surface area (Å²) < 4.78 is 22.6. The van der Waals surface area contributed by atoms with Crippen LogP contribution < -0.4 is 10.1 Å². The summed E-state index contributed by atoms with van der Waals surface area (Å²) in [6.07, 6.45) is -0.569. The van der Waals surface area contributed by atoms with E-state index in [1.54, 1.807) is 39.8 Å². The molecule has 0 saturated heterocycles. The van der Waals surface area contributed by atoms with Gasteiger partial charge in [0.05, 0.1) is 11.6 Å². The van der Waals surface area contributed by atoms with Crippen LogP contribution in [0.4, 0.5) is 14.9 Å². The van der Waals surface area contributed by atoms with E-state index in [1.165, 1.54) is 6.07 Å².